The van der Waals surface area contributed by atoms with E-state index in [1.165, 1.54) is 13.2 Å². The number of carbonyl (C=O) groups is 4. The smallest absolute Gasteiger partial charge is 0.344 e. The summed E-state index contributed by atoms with van der Waals surface area (Å²) in [5.41, 5.74) is 3.11. The average Bonchev–Trinajstić information content (AvgIpc) is 3.08. The highest BCUT2D eigenvalue weighted by Gasteiger charge is 2.36. The van der Waals surface area contributed by atoms with Crippen LogP contribution in [0.4, 0.5) is 10.5 Å². The summed E-state index contributed by atoms with van der Waals surface area (Å²) in [4.78, 5) is 50.5. The molecular weight excluding hydrogens is 472 g/mol. The molecule has 35 heavy (non-hydrogen) atoms. The van der Waals surface area contributed by atoms with Gasteiger partial charge < -0.3 is 19.5 Å². The van der Waals surface area contributed by atoms with E-state index in [-0.39, 0.29) is 23.9 Å². The molecule has 1 N–H and O–H groups in total. The van der Waals surface area contributed by atoms with Gasteiger partial charge in [0.2, 0.25) is 5.91 Å². The average molecular weight is 499 g/mol. The van der Waals surface area contributed by atoms with Crippen molar-refractivity contribution in [3.63, 3.8) is 0 Å². The Balaban J connectivity index is 1.72. The number of hydrogen-bond acceptors (Lipinski definition) is 8. The van der Waals surface area contributed by atoms with Gasteiger partial charge in [0.25, 0.3) is 11.1 Å². The number of esters is 1. The minimum atomic E-state index is -0.569. The summed E-state index contributed by atoms with van der Waals surface area (Å²) in [6.07, 6.45) is 1.52. The van der Waals surface area contributed by atoms with Crippen LogP contribution in [0.3, 0.4) is 0 Å². The molecule has 1 aliphatic heterocycles. The second kappa shape index (κ2) is 11.6. The summed E-state index contributed by atoms with van der Waals surface area (Å²) in [7, 11) is 1.46. The summed E-state index contributed by atoms with van der Waals surface area (Å²) in [6, 6.07) is 10.4. The molecule has 0 aliphatic carbocycles. The zero-order valence-corrected chi connectivity index (χ0v) is 20.7. The van der Waals surface area contributed by atoms with E-state index in [1.54, 1.807) is 31.2 Å². The highest BCUT2D eigenvalue weighted by Crippen LogP contribution is 2.34. The number of nitrogens with zero attached hydrogens (tertiary/aromatic N) is 1. The Morgan fingerprint density at radius 2 is 1.89 bits per heavy atom. The molecular formula is C25H26N2O7S. The van der Waals surface area contributed by atoms with Gasteiger partial charge in [0.15, 0.2) is 18.1 Å². The SMILES string of the molecule is CCOC(=O)COc1cc(/C=C2\SC(=O)N(CC(=O)Nc3cccc(C)c3C)C2=O)ccc1OC. The highest BCUT2D eigenvalue weighted by molar-refractivity contribution is 8.18. The zero-order valence-electron chi connectivity index (χ0n) is 19.9. The first-order valence-electron chi connectivity index (χ1n) is 10.8. The fourth-order valence-corrected chi connectivity index (χ4v) is 4.08. The van der Waals surface area contributed by atoms with Gasteiger partial charge in [0.1, 0.15) is 6.54 Å². The van der Waals surface area contributed by atoms with E-state index in [4.69, 9.17) is 14.2 Å². The number of benzene rings is 2. The molecule has 3 rings (SSSR count). The van der Waals surface area contributed by atoms with Crippen LogP contribution in [-0.2, 0) is 19.1 Å². The van der Waals surface area contributed by atoms with Crippen molar-refractivity contribution in [3.8, 4) is 11.5 Å². The minimum Gasteiger partial charge on any atom is -0.493 e. The number of hydrogen-bond donors (Lipinski definition) is 1. The van der Waals surface area contributed by atoms with Gasteiger partial charge in [-0.3, -0.25) is 19.3 Å². The maximum Gasteiger partial charge on any atom is 0.344 e. The van der Waals surface area contributed by atoms with Gasteiger partial charge in [-0.15, -0.1) is 0 Å². The minimum absolute atomic E-state index is 0.163. The number of imide groups is 1. The number of ether oxygens (including phenoxy) is 3. The van der Waals surface area contributed by atoms with Crippen molar-refractivity contribution in [2.75, 3.05) is 32.2 Å². The molecule has 2 aromatic carbocycles. The van der Waals surface area contributed by atoms with Crippen molar-refractivity contribution >= 4 is 46.5 Å². The van der Waals surface area contributed by atoms with Crippen molar-refractivity contribution in [1.29, 1.82) is 0 Å². The lowest BCUT2D eigenvalue weighted by molar-refractivity contribution is -0.145. The second-order valence-corrected chi connectivity index (χ2v) is 8.56. The Morgan fingerprint density at radius 1 is 1.11 bits per heavy atom. The number of anilines is 1. The predicted molar refractivity (Wildman–Crippen MR) is 132 cm³/mol. The highest BCUT2D eigenvalue weighted by atomic mass is 32.2. The molecule has 1 fully saturated rings. The largest absolute Gasteiger partial charge is 0.493 e. The molecule has 0 spiro atoms. The van der Waals surface area contributed by atoms with Crippen LogP contribution >= 0.6 is 11.8 Å². The third-order valence-corrected chi connectivity index (χ3v) is 6.10. The molecule has 0 bridgehead atoms. The van der Waals surface area contributed by atoms with Gasteiger partial charge in [0.05, 0.1) is 18.6 Å². The van der Waals surface area contributed by atoms with Crippen LogP contribution in [0.2, 0.25) is 0 Å². The third kappa shape index (κ3) is 6.42. The zero-order chi connectivity index (χ0) is 25.5. The standard InChI is InChI=1S/C25H26N2O7S/c1-5-33-23(29)14-34-20-11-17(9-10-19(20)32-4)12-21-24(30)27(25(31)35-21)13-22(28)26-18-8-6-7-15(2)16(18)3/h6-12H,5,13-14H2,1-4H3,(H,26,28)/b21-12-. The summed E-state index contributed by atoms with van der Waals surface area (Å²) in [5.74, 6) is -0.897. The number of methoxy groups -OCH3 is 1. The molecule has 10 heteroatoms. The fraction of sp³-hybridized carbons (Fsp3) is 0.280. The molecule has 1 aliphatic rings. The summed E-state index contributed by atoms with van der Waals surface area (Å²) in [5, 5.41) is 2.22. The molecule has 0 aromatic heterocycles. The lowest BCUT2D eigenvalue weighted by atomic mass is 10.1. The fourth-order valence-electron chi connectivity index (χ4n) is 3.24. The quantitative estimate of drug-likeness (QED) is 0.409. The van der Waals surface area contributed by atoms with Gasteiger partial charge >= 0.3 is 5.97 Å². The molecule has 0 radical (unpaired) electrons. The molecule has 1 heterocycles. The van der Waals surface area contributed by atoms with Crippen LogP contribution in [0.15, 0.2) is 41.3 Å². The Bertz CT molecular complexity index is 1190. The summed E-state index contributed by atoms with van der Waals surface area (Å²) >= 11 is 0.744. The maximum atomic E-state index is 12.8. The maximum absolute atomic E-state index is 12.8. The number of rotatable bonds is 9. The van der Waals surface area contributed by atoms with Crippen molar-refractivity contribution < 1.29 is 33.4 Å². The number of amides is 3. The van der Waals surface area contributed by atoms with Crippen molar-refractivity contribution in [1.82, 2.24) is 4.90 Å². The van der Waals surface area contributed by atoms with Gasteiger partial charge in [-0.05, 0) is 73.5 Å². The van der Waals surface area contributed by atoms with Gasteiger partial charge in [0, 0.05) is 5.69 Å². The molecule has 0 unspecified atom stereocenters. The first kappa shape index (κ1) is 25.8. The van der Waals surface area contributed by atoms with E-state index in [2.05, 4.69) is 5.32 Å². The van der Waals surface area contributed by atoms with E-state index in [9.17, 15) is 19.2 Å². The molecule has 184 valence electrons. The van der Waals surface area contributed by atoms with E-state index < -0.39 is 29.6 Å². The monoisotopic (exact) mass is 498 g/mol. The normalized spacial score (nSPS) is 14.3. The number of carbonyl (C=O) groups excluding carboxylic acids is 4. The number of aryl methyl sites for hydroxylation is 1. The lowest BCUT2D eigenvalue weighted by Crippen LogP contribution is -2.36. The third-order valence-electron chi connectivity index (χ3n) is 5.19. The first-order valence-corrected chi connectivity index (χ1v) is 11.6. The van der Waals surface area contributed by atoms with Crippen LogP contribution in [-0.4, -0.2) is 54.8 Å². The van der Waals surface area contributed by atoms with Crippen molar-refractivity contribution in [2.24, 2.45) is 0 Å². The van der Waals surface area contributed by atoms with Crippen LogP contribution in [0.5, 0.6) is 11.5 Å². The molecule has 2 aromatic rings. The Hall–Kier alpha value is -3.79. The molecule has 0 saturated carbocycles. The number of thioether (sulfide) groups is 1. The van der Waals surface area contributed by atoms with Crippen LogP contribution in [0.25, 0.3) is 6.08 Å². The first-order chi connectivity index (χ1) is 16.7. The number of nitrogens with one attached hydrogen (secondary N) is 1. The van der Waals surface area contributed by atoms with Gasteiger partial charge in [-0.25, -0.2) is 4.79 Å². The van der Waals surface area contributed by atoms with E-state index in [0.29, 0.717) is 17.0 Å². The second-order valence-electron chi connectivity index (χ2n) is 7.57. The predicted octanol–water partition coefficient (Wildman–Crippen LogP) is 3.93. The van der Waals surface area contributed by atoms with Gasteiger partial charge in [-0.2, -0.15) is 0 Å². The lowest BCUT2D eigenvalue weighted by Gasteiger charge is -2.14. The molecule has 9 nitrogen and oxygen atoms in total. The van der Waals surface area contributed by atoms with Crippen molar-refractivity contribution in [3.05, 3.63) is 58.0 Å². The Kier molecular flexibility index (Phi) is 8.53. The Labute approximate surface area is 207 Å². The topological polar surface area (TPSA) is 111 Å². The van der Waals surface area contributed by atoms with Crippen molar-refractivity contribution in [2.45, 2.75) is 20.8 Å². The van der Waals surface area contributed by atoms with Crippen LogP contribution in [0, 0.1) is 13.8 Å². The summed E-state index contributed by atoms with van der Waals surface area (Å²) in [6.45, 7) is 5.04. The Morgan fingerprint density at radius 3 is 2.60 bits per heavy atom. The molecule has 3 amide bonds. The van der Waals surface area contributed by atoms with E-state index >= 15 is 0 Å². The van der Waals surface area contributed by atoms with E-state index in [0.717, 1.165) is 27.8 Å². The van der Waals surface area contributed by atoms with Crippen LogP contribution < -0.4 is 14.8 Å². The van der Waals surface area contributed by atoms with Gasteiger partial charge in [-0.1, -0.05) is 18.2 Å². The molecule has 1 saturated heterocycles. The van der Waals surface area contributed by atoms with Crippen LogP contribution in [0.1, 0.15) is 23.6 Å². The summed E-state index contributed by atoms with van der Waals surface area (Å²) < 4.78 is 15.6. The molecule has 0 atom stereocenters. The van der Waals surface area contributed by atoms with E-state index in [1.807, 2.05) is 26.0 Å².